The van der Waals surface area contributed by atoms with E-state index in [9.17, 15) is 0 Å². The van der Waals surface area contributed by atoms with E-state index in [2.05, 4.69) is 34.8 Å². The number of hydrogen-bond acceptors (Lipinski definition) is 1. The molecule has 0 fully saturated rings. The summed E-state index contributed by atoms with van der Waals surface area (Å²) in [5.74, 6) is 0.570. The molecule has 0 saturated carbocycles. The highest BCUT2D eigenvalue weighted by molar-refractivity contribution is 9.10. The van der Waals surface area contributed by atoms with Crippen molar-refractivity contribution < 1.29 is 0 Å². The van der Waals surface area contributed by atoms with Gasteiger partial charge in [-0.3, -0.25) is 4.98 Å². The van der Waals surface area contributed by atoms with Crippen molar-refractivity contribution in [1.29, 1.82) is 0 Å². The van der Waals surface area contributed by atoms with Crippen molar-refractivity contribution in [3.63, 3.8) is 0 Å². The van der Waals surface area contributed by atoms with Gasteiger partial charge in [-0.15, -0.1) is 0 Å². The minimum absolute atomic E-state index is 0.570. The smallest absolute Gasteiger partial charge is 0.0734 e. The Kier molecular flexibility index (Phi) is 4.90. The lowest BCUT2D eigenvalue weighted by atomic mass is 9.93. The molecule has 1 atom stereocenters. The standard InChI is InChI=1S/C11H15BrClN/c1-3-5-8(4-2)9-6-14-7-10(13)11(9)12/h6-8H,3-5H2,1-2H3. The predicted octanol–water partition coefficient (Wildman–Crippen LogP) is 4.79. The summed E-state index contributed by atoms with van der Waals surface area (Å²) in [5, 5.41) is 0.706. The minimum atomic E-state index is 0.570. The molecule has 1 nitrogen and oxygen atoms in total. The summed E-state index contributed by atoms with van der Waals surface area (Å²) in [4.78, 5) is 4.13. The lowest BCUT2D eigenvalue weighted by Crippen LogP contribution is -1.99. The summed E-state index contributed by atoms with van der Waals surface area (Å²) >= 11 is 9.53. The second-order valence-corrected chi connectivity index (χ2v) is 4.62. The molecule has 1 unspecified atom stereocenters. The Balaban J connectivity index is 2.97. The van der Waals surface area contributed by atoms with Crippen LogP contribution in [0.15, 0.2) is 16.9 Å². The molecule has 0 aliphatic carbocycles. The Hall–Kier alpha value is -0.0800. The number of rotatable bonds is 4. The van der Waals surface area contributed by atoms with Crippen LogP contribution in [0.1, 0.15) is 44.6 Å². The van der Waals surface area contributed by atoms with E-state index in [4.69, 9.17) is 11.6 Å². The minimum Gasteiger partial charge on any atom is -0.263 e. The summed E-state index contributed by atoms with van der Waals surface area (Å²) in [6, 6.07) is 0. The van der Waals surface area contributed by atoms with Gasteiger partial charge in [-0.1, -0.05) is 31.9 Å². The van der Waals surface area contributed by atoms with Crippen LogP contribution in [0.2, 0.25) is 5.02 Å². The Morgan fingerprint density at radius 2 is 2.14 bits per heavy atom. The Morgan fingerprint density at radius 1 is 1.43 bits per heavy atom. The van der Waals surface area contributed by atoms with Gasteiger partial charge in [-0.25, -0.2) is 0 Å². The van der Waals surface area contributed by atoms with Crippen LogP contribution in [-0.4, -0.2) is 4.98 Å². The van der Waals surface area contributed by atoms with E-state index in [0.29, 0.717) is 10.9 Å². The van der Waals surface area contributed by atoms with Crippen molar-refractivity contribution in [3.8, 4) is 0 Å². The van der Waals surface area contributed by atoms with Gasteiger partial charge in [-0.05, 0) is 40.3 Å². The van der Waals surface area contributed by atoms with Crippen LogP contribution in [0.25, 0.3) is 0 Å². The topological polar surface area (TPSA) is 12.9 Å². The molecule has 1 rings (SSSR count). The van der Waals surface area contributed by atoms with Crippen LogP contribution in [-0.2, 0) is 0 Å². The van der Waals surface area contributed by atoms with E-state index in [1.54, 1.807) is 6.20 Å². The SMILES string of the molecule is CCCC(CC)c1cncc(Cl)c1Br. The van der Waals surface area contributed by atoms with Crippen LogP contribution in [0.5, 0.6) is 0 Å². The highest BCUT2D eigenvalue weighted by Gasteiger charge is 2.13. The van der Waals surface area contributed by atoms with E-state index in [-0.39, 0.29) is 0 Å². The molecule has 1 aromatic heterocycles. The molecule has 3 heteroatoms. The number of halogens is 2. The Morgan fingerprint density at radius 3 is 2.71 bits per heavy atom. The second kappa shape index (κ2) is 5.72. The average Bonchev–Trinajstić information content (AvgIpc) is 2.19. The fourth-order valence-corrected chi connectivity index (χ4v) is 2.34. The van der Waals surface area contributed by atoms with Gasteiger partial charge in [0.2, 0.25) is 0 Å². The summed E-state index contributed by atoms with van der Waals surface area (Å²) in [7, 11) is 0. The molecule has 0 amide bonds. The van der Waals surface area contributed by atoms with Crippen LogP contribution in [0.4, 0.5) is 0 Å². The van der Waals surface area contributed by atoms with E-state index >= 15 is 0 Å². The molecule has 0 aliphatic rings. The largest absolute Gasteiger partial charge is 0.263 e. The van der Waals surface area contributed by atoms with Gasteiger partial charge in [0.15, 0.2) is 0 Å². The predicted molar refractivity (Wildman–Crippen MR) is 64.9 cm³/mol. The third-order valence-electron chi connectivity index (χ3n) is 2.43. The first-order chi connectivity index (χ1) is 6.70. The van der Waals surface area contributed by atoms with Gasteiger partial charge in [0.05, 0.1) is 5.02 Å². The normalized spacial score (nSPS) is 12.9. The van der Waals surface area contributed by atoms with Crippen molar-refractivity contribution in [2.75, 3.05) is 0 Å². The van der Waals surface area contributed by atoms with Crippen molar-refractivity contribution in [1.82, 2.24) is 4.98 Å². The molecule has 0 spiro atoms. The van der Waals surface area contributed by atoms with Crippen LogP contribution in [0, 0.1) is 0 Å². The molecule has 1 aromatic rings. The summed E-state index contributed by atoms with van der Waals surface area (Å²) < 4.78 is 1.01. The number of nitrogens with zero attached hydrogens (tertiary/aromatic N) is 1. The highest BCUT2D eigenvalue weighted by atomic mass is 79.9. The molecule has 1 heterocycles. The maximum Gasteiger partial charge on any atom is 0.0734 e. The molecular weight excluding hydrogens is 261 g/mol. The number of hydrogen-bond donors (Lipinski definition) is 0. The lowest BCUT2D eigenvalue weighted by molar-refractivity contribution is 0.592. The first kappa shape index (κ1) is 12.0. The lowest BCUT2D eigenvalue weighted by Gasteiger charge is -2.15. The first-order valence-corrected chi connectivity index (χ1v) is 6.16. The fraction of sp³-hybridized carbons (Fsp3) is 0.545. The monoisotopic (exact) mass is 275 g/mol. The van der Waals surface area contributed by atoms with E-state index < -0.39 is 0 Å². The quantitative estimate of drug-likeness (QED) is 0.770. The molecule has 0 aromatic carbocycles. The molecule has 0 N–H and O–H groups in total. The second-order valence-electron chi connectivity index (χ2n) is 3.42. The third kappa shape index (κ3) is 2.71. The first-order valence-electron chi connectivity index (χ1n) is 4.99. The summed E-state index contributed by atoms with van der Waals surface area (Å²) in [6.07, 6.45) is 7.11. The zero-order chi connectivity index (χ0) is 10.6. The van der Waals surface area contributed by atoms with Gasteiger partial charge >= 0.3 is 0 Å². The van der Waals surface area contributed by atoms with Crippen LogP contribution in [0.3, 0.4) is 0 Å². The van der Waals surface area contributed by atoms with E-state index in [1.807, 2.05) is 6.20 Å². The zero-order valence-electron chi connectivity index (χ0n) is 8.56. The van der Waals surface area contributed by atoms with Crippen molar-refractivity contribution in [2.24, 2.45) is 0 Å². The van der Waals surface area contributed by atoms with E-state index in [1.165, 1.54) is 18.4 Å². The van der Waals surface area contributed by atoms with Crippen molar-refractivity contribution >= 4 is 27.5 Å². The number of aromatic nitrogens is 1. The average molecular weight is 277 g/mol. The van der Waals surface area contributed by atoms with Crippen molar-refractivity contribution in [2.45, 2.75) is 39.0 Å². The van der Waals surface area contributed by atoms with Gasteiger partial charge in [-0.2, -0.15) is 0 Å². The molecule has 0 radical (unpaired) electrons. The highest BCUT2D eigenvalue weighted by Crippen LogP contribution is 2.34. The van der Waals surface area contributed by atoms with Gasteiger partial charge in [0.25, 0.3) is 0 Å². The maximum absolute atomic E-state index is 6.01. The molecular formula is C11H15BrClN. The Bertz CT molecular complexity index is 301. The number of pyridine rings is 1. The Labute approximate surface area is 99.0 Å². The molecule has 0 aliphatic heterocycles. The summed E-state index contributed by atoms with van der Waals surface area (Å²) in [5.41, 5.74) is 1.24. The van der Waals surface area contributed by atoms with Crippen molar-refractivity contribution in [3.05, 3.63) is 27.5 Å². The van der Waals surface area contributed by atoms with Gasteiger partial charge in [0.1, 0.15) is 0 Å². The molecule has 0 bridgehead atoms. The van der Waals surface area contributed by atoms with Crippen LogP contribution >= 0.6 is 27.5 Å². The van der Waals surface area contributed by atoms with Crippen LogP contribution < -0.4 is 0 Å². The zero-order valence-corrected chi connectivity index (χ0v) is 10.9. The van der Waals surface area contributed by atoms with Gasteiger partial charge < -0.3 is 0 Å². The fourth-order valence-electron chi connectivity index (χ4n) is 1.65. The molecule has 0 saturated heterocycles. The molecule has 78 valence electrons. The molecule has 14 heavy (non-hydrogen) atoms. The summed E-state index contributed by atoms with van der Waals surface area (Å²) in [6.45, 7) is 4.40. The third-order valence-corrected chi connectivity index (χ3v) is 3.83. The maximum atomic E-state index is 6.01. The van der Waals surface area contributed by atoms with Gasteiger partial charge in [0, 0.05) is 16.9 Å². The van der Waals surface area contributed by atoms with E-state index in [0.717, 1.165) is 10.9 Å².